The maximum atomic E-state index is 15.0. The average molecular weight is 431 g/mol. The van der Waals surface area contributed by atoms with E-state index >= 15 is 4.39 Å². The normalized spacial score (nSPS) is 13.6. The van der Waals surface area contributed by atoms with Crippen LogP contribution in [-0.4, -0.2) is 0 Å². The molecule has 0 saturated carbocycles. The van der Waals surface area contributed by atoms with Gasteiger partial charge in [-0.25, -0.2) is 4.39 Å². The van der Waals surface area contributed by atoms with E-state index in [1.165, 1.54) is 11.1 Å². The molecule has 2 aromatic carbocycles. The van der Waals surface area contributed by atoms with Gasteiger partial charge in [0.25, 0.3) is 0 Å². The molecule has 30 heavy (non-hydrogen) atoms. The Labute approximate surface area is 189 Å². The highest BCUT2D eigenvalue weighted by molar-refractivity contribution is 6.31. The van der Waals surface area contributed by atoms with Crippen molar-refractivity contribution in [1.29, 1.82) is 0 Å². The molecule has 0 unspecified atom stereocenters. The molecular formula is C28H40ClF. The molecule has 0 atom stereocenters. The summed E-state index contributed by atoms with van der Waals surface area (Å²) in [6.07, 6.45) is 1.84. The van der Waals surface area contributed by atoms with Gasteiger partial charge in [0.2, 0.25) is 0 Å². The van der Waals surface area contributed by atoms with Crippen LogP contribution in [0.1, 0.15) is 104 Å². The summed E-state index contributed by atoms with van der Waals surface area (Å²) in [6, 6.07) is 12.3. The Hall–Kier alpha value is -1.34. The molecule has 0 fully saturated rings. The summed E-state index contributed by atoms with van der Waals surface area (Å²) in [7, 11) is 0. The molecule has 0 aliphatic heterocycles. The highest BCUT2D eigenvalue weighted by Crippen LogP contribution is 2.40. The van der Waals surface area contributed by atoms with E-state index in [0.29, 0.717) is 0 Å². The monoisotopic (exact) mass is 430 g/mol. The van der Waals surface area contributed by atoms with Crippen molar-refractivity contribution in [3.63, 3.8) is 0 Å². The maximum absolute atomic E-state index is 15.0. The lowest BCUT2D eigenvalue weighted by Gasteiger charge is -2.33. The van der Waals surface area contributed by atoms with Gasteiger partial charge >= 0.3 is 0 Å². The second-order valence-corrected chi connectivity index (χ2v) is 12.6. The van der Waals surface area contributed by atoms with E-state index < -0.39 is 0 Å². The van der Waals surface area contributed by atoms with Gasteiger partial charge in [-0.05, 0) is 68.9 Å². The molecule has 166 valence electrons. The smallest absolute Gasteiger partial charge is 0.127 e. The Morgan fingerprint density at radius 2 is 1.13 bits per heavy atom. The van der Waals surface area contributed by atoms with Crippen LogP contribution in [0.25, 0.3) is 0 Å². The molecule has 0 radical (unpaired) electrons. The van der Waals surface area contributed by atoms with Crippen molar-refractivity contribution < 1.29 is 4.39 Å². The number of halogens is 2. The van der Waals surface area contributed by atoms with Crippen molar-refractivity contribution in [3.8, 4) is 0 Å². The van der Waals surface area contributed by atoms with Crippen LogP contribution in [0.4, 0.5) is 4.39 Å². The molecule has 0 aliphatic carbocycles. The first-order valence-corrected chi connectivity index (χ1v) is 11.4. The summed E-state index contributed by atoms with van der Waals surface area (Å²) < 4.78 is 15.0. The van der Waals surface area contributed by atoms with Crippen LogP contribution < -0.4 is 0 Å². The van der Waals surface area contributed by atoms with Crippen molar-refractivity contribution in [1.82, 2.24) is 0 Å². The van der Waals surface area contributed by atoms with Crippen LogP contribution in [0, 0.1) is 5.82 Å². The van der Waals surface area contributed by atoms with Crippen molar-refractivity contribution in [2.24, 2.45) is 0 Å². The molecule has 2 aromatic rings. The quantitative estimate of drug-likeness (QED) is 0.443. The largest absolute Gasteiger partial charge is 0.207 e. The Morgan fingerprint density at radius 1 is 0.633 bits per heavy atom. The van der Waals surface area contributed by atoms with E-state index in [1.807, 2.05) is 6.07 Å². The van der Waals surface area contributed by atoms with Gasteiger partial charge in [-0.3, -0.25) is 0 Å². The Morgan fingerprint density at radius 3 is 1.60 bits per heavy atom. The van der Waals surface area contributed by atoms with Gasteiger partial charge < -0.3 is 0 Å². The molecule has 0 bridgehead atoms. The lowest BCUT2D eigenvalue weighted by atomic mass is 9.72. The fourth-order valence-electron chi connectivity index (χ4n) is 3.98. The van der Waals surface area contributed by atoms with Gasteiger partial charge in [-0.2, -0.15) is 0 Å². The molecule has 2 rings (SSSR count). The molecule has 0 N–H and O–H groups in total. The van der Waals surface area contributed by atoms with Crippen LogP contribution in [0.5, 0.6) is 0 Å². The second kappa shape index (κ2) is 8.30. The lowest BCUT2D eigenvalue weighted by Crippen LogP contribution is -2.26. The Bertz CT molecular complexity index is 892. The summed E-state index contributed by atoms with van der Waals surface area (Å²) >= 11 is 6.63. The van der Waals surface area contributed by atoms with Crippen molar-refractivity contribution in [3.05, 3.63) is 69.5 Å². The zero-order chi connectivity index (χ0) is 23.1. The van der Waals surface area contributed by atoms with E-state index in [0.717, 1.165) is 29.0 Å². The van der Waals surface area contributed by atoms with Crippen LogP contribution in [0.3, 0.4) is 0 Å². The standard InChI is InChI=1S/C28H40ClF/c1-25(2,3)19-11-14-22(24(30)18-19)28(9,10)16-15-27(7,8)20-12-13-21(23(29)17-20)26(4,5)6/h11-14,17-18H,15-16H2,1-10H3. The fraction of sp³-hybridized carbons (Fsp3) is 0.571. The van der Waals surface area contributed by atoms with Crippen molar-refractivity contribution >= 4 is 11.6 Å². The molecule has 0 aromatic heterocycles. The third-order valence-corrected chi connectivity index (χ3v) is 6.81. The fourth-order valence-corrected chi connectivity index (χ4v) is 4.44. The topological polar surface area (TPSA) is 0 Å². The first kappa shape index (κ1) is 24.9. The third kappa shape index (κ3) is 5.67. The molecular weight excluding hydrogens is 391 g/mol. The molecule has 0 spiro atoms. The molecule has 0 heterocycles. The summed E-state index contributed by atoms with van der Waals surface area (Å²) in [4.78, 5) is 0. The van der Waals surface area contributed by atoms with Gasteiger partial charge in [0.1, 0.15) is 5.82 Å². The Balaban J connectivity index is 2.23. The summed E-state index contributed by atoms with van der Waals surface area (Å²) in [5.74, 6) is -0.0946. The van der Waals surface area contributed by atoms with Crippen molar-refractivity contribution in [2.45, 2.75) is 104 Å². The van der Waals surface area contributed by atoms with Gasteiger partial charge in [-0.1, -0.05) is 105 Å². The number of rotatable bonds is 5. The molecule has 2 heteroatoms. The van der Waals surface area contributed by atoms with Gasteiger partial charge in [0.05, 0.1) is 0 Å². The zero-order valence-electron chi connectivity index (χ0n) is 20.6. The van der Waals surface area contributed by atoms with Crippen LogP contribution in [0.15, 0.2) is 36.4 Å². The van der Waals surface area contributed by atoms with Crippen molar-refractivity contribution in [2.75, 3.05) is 0 Å². The summed E-state index contributed by atoms with van der Waals surface area (Å²) in [5, 5.41) is 0.830. The Kier molecular flexibility index (Phi) is 6.90. The molecule has 0 saturated heterocycles. The van der Waals surface area contributed by atoms with Gasteiger partial charge in [-0.15, -0.1) is 0 Å². The van der Waals surface area contributed by atoms with E-state index in [1.54, 1.807) is 6.07 Å². The van der Waals surface area contributed by atoms with E-state index in [4.69, 9.17) is 11.6 Å². The average Bonchev–Trinajstić information content (AvgIpc) is 2.58. The summed E-state index contributed by atoms with van der Waals surface area (Å²) in [5.41, 5.74) is 3.93. The third-order valence-electron chi connectivity index (χ3n) is 6.50. The maximum Gasteiger partial charge on any atom is 0.127 e. The van der Waals surface area contributed by atoms with E-state index in [2.05, 4.69) is 93.5 Å². The second-order valence-electron chi connectivity index (χ2n) is 12.2. The molecule has 0 aliphatic rings. The first-order chi connectivity index (χ1) is 13.4. The number of hydrogen-bond acceptors (Lipinski definition) is 0. The minimum absolute atomic E-state index is 0.0263. The predicted molar refractivity (Wildman–Crippen MR) is 131 cm³/mol. The van der Waals surface area contributed by atoms with Crippen LogP contribution >= 0.6 is 11.6 Å². The minimum Gasteiger partial charge on any atom is -0.207 e. The van der Waals surface area contributed by atoms with Crippen LogP contribution in [-0.2, 0) is 21.7 Å². The van der Waals surface area contributed by atoms with E-state index in [9.17, 15) is 0 Å². The highest BCUT2D eigenvalue weighted by Gasteiger charge is 2.30. The van der Waals surface area contributed by atoms with Gasteiger partial charge in [0, 0.05) is 5.02 Å². The number of benzene rings is 2. The lowest BCUT2D eigenvalue weighted by molar-refractivity contribution is 0.365. The number of hydrogen-bond donors (Lipinski definition) is 0. The predicted octanol–water partition coefficient (Wildman–Crippen LogP) is 9.11. The zero-order valence-corrected chi connectivity index (χ0v) is 21.4. The summed E-state index contributed by atoms with van der Waals surface area (Å²) in [6.45, 7) is 21.7. The minimum atomic E-state index is -0.243. The van der Waals surface area contributed by atoms with Crippen LogP contribution in [0.2, 0.25) is 5.02 Å². The molecule has 0 amide bonds. The first-order valence-electron chi connectivity index (χ1n) is 11.1. The molecule has 0 nitrogen and oxygen atoms in total. The SMILES string of the molecule is CC(C)(C)c1ccc(C(C)(C)CCC(C)(C)c2ccc(C(C)(C)C)c(Cl)c2)c(F)c1. The highest BCUT2D eigenvalue weighted by atomic mass is 35.5. The van der Waals surface area contributed by atoms with Gasteiger partial charge in [0.15, 0.2) is 0 Å². The van der Waals surface area contributed by atoms with E-state index in [-0.39, 0.29) is 27.5 Å².